The molecule has 0 aliphatic rings. The number of aryl methyl sites for hydroxylation is 1. The van der Waals surface area contributed by atoms with Gasteiger partial charge in [-0.2, -0.15) is 13.2 Å². The number of nitrogens with one attached hydrogen (secondary N) is 2. The van der Waals surface area contributed by atoms with Gasteiger partial charge in [-0.25, -0.2) is 8.42 Å². The van der Waals surface area contributed by atoms with Crippen LogP contribution >= 0.6 is 23.2 Å². The smallest absolute Gasteiger partial charge is 0.322 e. The molecular weight excluding hydrogens is 488 g/mol. The van der Waals surface area contributed by atoms with Crippen LogP contribution in [0.2, 0.25) is 10.0 Å². The van der Waals surface area contributed by atoms with Crippen molar-refractivity contribution in [2.24, 2.45) is 0 Å². The van der Waals surface area contributed by atoms with Crippen LogP contribution in [-0.4, -0.2) is 14.3 Å². The highest BCUT2D eigenvalue weighted by molar-refractivity contribution is 7.92. The molecule has 168 valence electrons. The summed E-state index contributed by atoms with van der Waals surface area (Å²) in [6, 6.07) is 12.8. The van der Waals surface area contributed by atoms with Crippen LogP contribution in [-0.2, 0) is 16.2 Å². The van der Waals surface area contributed by atoms with Crippen LogP contribution in [0, 0.1) is 6.92 Å². The molecule has 3 aromatic carbocycles. The average molecular weight is 503 g/mol. The maximum Gasteiger partial charge on any atom is 0.417 e. The number of anilines is 2. The number of halogens is 5. The highest BCUT2D eigenvalue weighted by Gasteiger charge is 2.33. The Labute approximate surface area is 192 Å². The van der Waals surface area contributed by atoms with Gasteiger partial charge in [0.05, 0.1) is 15.5 Å². The first-order valence-corrected chi connectivity index (χ1v) is 11.2. The summed E-state index contributed by atoms with van der Waals surface area (Å²) in [4.78, 5) is 12.2. The molecule has 3 rings (SSSR count). The summed E-state index contributed by atoms with van der Waals surface area (Å²) < 4.78 is 66.5. The summed E-state index contributed by atoms with van der Waals surface area (Å²) in [6.45, 7) is 1.58. The van der Waals surface area contributed by atoms with Crippen LogP contribution in [0.3, 0.4) is 0 Å². The minimum absolute atomic E-state index is 0.192. The van der Waals surface area contributed by atoms with Crippen molar-refractivity contribution in [2.45, 2.75) is 18.0 Å². The van der Waals surface area contributed by atoms with Gasteiger partial charge in [0.15, 0.2) is 0 Å². The fourth-order valence-corrected chi connectivity index (χ4v) is 4.24. The van der Waals surface area contributed by atoms with Crippen molar-refractivity contribution in [1.29, 1.82) is 0 Å². The maximum absolute atomic E-state index is 13.0. The lowest BCUT2D eigenvalue weighted by atomic mass is 10.1. The van der Waals surface area contributed by atoms with Crippen LogP contribution in [0.5, 0.6) is 0 Å². The van der Waals surface area contributed by atoms with Crippen molar-refractivity contribution < 1.29 is 26.4 Å². The number of rotatable bonds is 5. The van der Waals surface area contributed by atoms with Gasteiger partial charge >= 0.3 is 6.18 Å². The largest absolute Gasteiger partial charge is 0.417 e. The molecule has 11 heteroatoms. The molecule has 2 N–H and O–H groups in total. The van der Waals surface area contributed by atoms with E-state index in [1.54, 1.807) is 19.1 Å². The molecule has 0 fully saturated rings. The van der Waals surface area contributed by atoms with Crippen LogP contribution in [0.4, 0.5) is 24.5 Å². The summed E-state index contributed by atoms with van der Waals surface area (Å²) in [5.41, 5.74) is -0.289. The van der Waals surface area contributed by atoms with Crippen molar-refractivity contribution in [2.75, 3.05) is 10.0 Å². The van der Waals surface area contributed by atoms with Crippen LogP contribution in [0.1, 0.15) is 21.5 Å². The topological polar surface area (TPSA) is 75.3 Å². The number of carbonyl (C=O) groups is 1. The Hall–Kier alpha value is -2.75. The Morgan fingerprint density at radius 1 is 0.938 bits per heavy atom. The van der Waals surface area contributed by atoms with E-state index >= 15 is 0 Å². The molecular formula is C21H15Cl2F3N2O3S. The highest BCUT2D eigenvalue weighted by atomic mass is 35.5. The number of hydrogen-bond donors (Lipinski definition) is 2. The quantitative estimate of drug-likeness (QED) is 0.425. The van der Waals surface area contributed by atoms with Gasteiger partial charge in [-0.1, -0.05) is 23.2 Å². The average Bonchev–Trinajstić information content (AvgIpc) is 2.70. The van der Waals surface area contributed by atoms with Gasteiger partial charge in [0, 0.05) is 22.0 Å². The third-order valence-electron chi connectivity index (χ3n) is 4.39. The van der Waals surface area contributed by atoms with Gasteiger partial charge in [-0.15, -0.1) is 0 Å². The van der Waals surface area contributed by atoms with Crippen LogP contribution in [0.25, 0.3) is 0 Å². The van der Waals surface area contributed by atoms with Gasteiger partial charge in [-0.3, -0.25) is 9.52 Å². The van der Waals surface area contributed by atoms with E-state index in [0.29, 0.717) is 27.9 Å². The molecule has 0 saturated heterocycles. The molecule has 0 unspecified atom stereocenters. The fraction of sp³-hybridized carbons (Fsp3) is 0.0952. The van der Waals surface area contributed by atoms with Crippen LogP contribution < -0.4 is 10.0 Å². The fourth-order valence-electron chi connectivity index (χ4n) is 2.76. The number of sulfonamides is 1. The third kappa shape index (κ3) is 5.53. The summed E-state index contributed by atoms with van der Waals surface area (Å²) >= 11 is 11.4. The SMILES string of the molecule is Cc1cc(S(=O)(=O)Nc2ccc(Cl)c(C(F)(F)F)c2)ccc1NC(=O)c1ccc(Cl)cc1. The van der Waals surface area contributed by atoms with Crippen molar-refractivity contribution in [1.82, 2.24) is 0 Å². The van der Waals surface area contributed by atoms with E-state index in [0.717, 1.165) is 12.1 Å². The first-order chi connectivity index (χ1) is 14.9. The van der Waals surface area contributed by atoms with E-state index in [-0.39, 0.29) is 10.6 Å². The zero-order chi connectivity index (χ0) is 23.7. The van der Waals surface area contributed by atoms with Crippen LogP contribution in [0.15, 0.2) is 65.6 Å². The number of alkyl halides is 3. The number of benzene rings is 3. The Morgan fingerprint density at radius 3 is 2.19 bits per heavy atom. The predicted octanol–water partition coefficient (Wildman–Crippen LogP) is 6.37. The van der Waals surface area contributed by atoms with Crippen molar-refractivity contribution in [3.05, 3.63) is 87.4 Å². The molecule has 0 spiro atoms. The predicted molar refractivity (Wildman–Crippen MR) is 118 cm³/mol. The molecule has 0 aliphatic carbocycles. The lowest BCUT2D eigenvalue weighted by molar-refractivity contribution is -0.137. The number of hydrogen-bond acceptors (Lipinski definition) is 3. The van der Waals surface area contributed by atoms with Crippen molar-refractivity contribution in [3.8, 4) is 0 Å². The molecule has 32 heavy (non-hydrogen) atoms. The van der Waals surface area contributed by atoms with E-state index in [4.69, 9.17) is 23.2 Å². The normalized spacial score (nSPS) is 11.8. The molecule has 0 saturated carbocycles. The van der Waals surface area contributed by atoms with E-state index < -0.39 is 32.7 Å². The summed E-state index contributed by atoms with van der Waals surface area (Å²) in [5, 5.41) is 2.60. The van der Waals surface area contributed by atoms with E-state index in [2.05, 4.69) is 10.0 Å². The molecule has 0 aliphatic heterocycles. The minimum atomic E-state index is -4.74. The van der Waals surface area contributed by atoms with E-state index in [9.17, 15) is 26.4 Å². The number of amides is 1. The second-order valence-electron chi connectivity index (χ2n) is 6.74. The van der Waals surface area contributed by atoms with Crippen molar-refractivity contribution >= 4 is 50.5 Å². The highest BCUT2D eigenvalue weighted by Crippen LogP contribution is 2.36. The Balaban J connectivity index is 1.82. The minimum Gasteiger partial charge on any atom is -0.322 e. The molecule has 0 aromatic heterocycles. The van der Waals surface area contributed by atoms with Gasteiger partial charge in [0.2, 0.25) is 0 Å². The molecule has 0 radical (unpaired) electrons. The molecule has 0 atom stereocenters. The Kier molecular flexibility index (Phi) is 6.73. The monoisotopic (exact) mass is 502 g/mol. The van der Waals surface area contributed by atoms with Gasteiger partial charge in [0.1, 0.15) is 0 Å². The molecule has 1 amide bonds. The van der Waals surface area contributed by atoms with Gasteiger partial charge < -0.3 is 5.32 Å². The van der Waals surface area contributed by atoms with Crippen molar-refractivity contribution in [3.63, 3.8) is 0 Å². The lowest BCUT2D eigenvalue weighted by Crippen LogP contribution is -2.16. The molecule has 5 nitrogen and oxygen atoms in total. The van der Waals surface area contributed by atoms with Gasteiger partial charge in [-0.05, 0) is 73.2 Å². The van der Waals surface area contributed by atoms with E-state index in [1.807, 2.05) is 0 Å². The first kappa shape index (κ1) is 23.9. The molecule has 0 bridgehead atoms. The first-order valence-electron chi connectivity index (χ1n) is 8.94. The zero-order valence-corrected chi connectivity index (χ0v) is 18.6. The zero-order valence-electron chi connectivity index (χ0n) is 16.3. The second kappa shape index (κ2) is 9.01. The standard InChI is InChI=1S/C21H15Cl2F3N2O3S/c1-12-10-16(7-9-19(12)27-20(29)13-2-4-14(22)5-3-13)32(30,31)28-15-6-8-18(23)17(11-15)21(24,25)26/h2-11,28H,1H3,(H,27,29). The maximum atomic E-state index is 13.0. The number of carbonyl (C=O) groups excluding carboxylic acids is 1. The molecule has 3 aromatic rings. The van der Waals surface area contributed by atoms with E-state index in [1.165, 1.54) is 30.3 Å². The van der Waals surface area contributed by atoms with Gasteiger partial charge in [0.25, 0.3) is 15.9 Å². The molecule has 0 heterocycles. The second-order valence-corrected chi connectivity index (χ2v) is 9.26. The summed E-state index contributed by atoms with van der Waals surface area (Å²) in [5.74, 6) is -0.417. The summed E-state index contributed by atoms with van der Waals surface area (Å²) in [7, 11) is -4.20. The Bertz CT molecular complexity index is 1280. The lowest BCUT2D eigenvalue weighted by Gasteiger charge is -2.14. The Morgan fingerprint density at radius 2 is 1.59 bits per heavy atom. The third-order valence-corrected chi connectivity index (χ3v) is 6.35. The summed E-state index contributed by atoms with van der Waals surface area (Å²) in [6.07, 6.45) is -4.74.